The first-order valence-electron chi connectivity index (χ1n) is 19.0. The van der Waals surface area contributed by atoms with E-state index in [2.05, 4.69) is 31.3 Å². The molecule has 1 amide bonds. The standard InChI is InChI=1S/C38H75NO4/c1-3-5-7-9-11-13-15-17-18-19-20-21-23-25-27-29-31-33-37(42)38(43)39-35(34-40)36(41)32-30-28-26-24-22-16-14-12-10-8-6-4-2/h20-21,35-37,40-42H,3-19,22-34H2,1-2H3,(H,39,43)/b21-20-. The number of aliphatic hydroxyl groups is 3. The molecule has 0 radical (unpaired) electrons. The van der Waals surface area contributed by atoms with Gasteiger partial charge < -0.3 is 20.6 Å². The van der Waals surface area contributed by atoms with E-state index >= 15 is 0 Å². The Morgan fingerprint density at radius 2 is 0.884 bits per heavy atom. The van der Waals surface area contributed by atoms with Crippen molar-refractivity contribution in [2.75, 3.05) is 6.61 Å². The molecule has 0 aliphatic heterocycles. The molecule has 0 aromatic carbocycles. The topological polar surface area (TPSA) is 89.8 Å². The highest BCUT2D eigenvalue weighted by molar-refractivity contribution is 5.80. The van der Waals surface area contributed by atoms with Crippen LogP contribution in [0.4, 0.5) is 0 Å². The molecule has 0 aliphatic rings. The van der Waals surface area contributed by atoms with Crippen LogP contribution in [0.15, 0.2) is 12.2 Å². The highest BCUT2D eigenvalue weighted by atomic mass is 16.3. The second-order valence-electron chi connectivity index (χ2n) is 13.1. The fourth-order valence-electron chi connectivity index (χ4n) is 5.83. The summed E-state index contributed by atoms with van der Waals surface area (Å²) in [7, 11) is 0. The van der Waals surface area contributed by atoms with Gasteiger partial charge in [0.05, 0.1) is 18.8 Å². The molecule has 3 unspecified atom stereocenters. The molecule has 0 rings (SSSR count). The number of carbonyl (C=O) groups is 1. The lowest BCUT2D eigenvalue weighted by molar-refractivity contribution is -0.131. The molecule has 0 heterocycles. The molecule has 0 aromatic rings. The zero-order chi connectivity index (χ0) is 31.6. The van der Waals surface area contributed by atoms with Crippen LogP contribution >= 0.6 is 0 Å². The molecule has 0 aliphatic carbocycles. The second kappa shape index (κ2) is 34.0. The quantitative estimate of drug-likeness (QED) is 0.0432. The Morgan fingerprint density at radius 1 is 0.535 bits per heavy atom. The lowest BCUT2D eigenvalue weighted by Crippen LogP contribution is -2.49. The summed E-state index contributed by atoms with van der Waals surface area (Å²) >= 11 is 0. The average molecular weight is 610 g/mol. The van der Waals surface area contributed by atoms with Gasteiger partial charge >= 0.3 is 0 Å². The molecule has 0 aromatic heterocycles. The van der Waals surface area contributed by atoms with Gasteiger partial charge in [-0.3, -0.25) is 4.79 Å². The number of amides is 1. The first-order chi connectivity index (χ1) is 21.1. The van der Waals surface area contributed by atoms with Crippen molar-refractivity contribution in [2.24, 2.45) is 0 Å². The number of aliphatic hydroxyl groups excluding tert-OH is 3. The fourth-order valence-corrected chi connectivity index (χ4v) is 5.83. The van der Waals surface area contributed by atoms with E-state index in [1.165, 1.54) is 128 Å². The molecule has 43 heavy (non-hydrogen) atoms. The summed E-state index contributed by atoms with van der Waals surface area (Å²) in [6.07, 6.45) is 37.6. The first-order valence-corrected chi connectivity index (χ1v) is 19.0. The number of allylic oxidation sites excluding steroid dienone is 2. The summed E-state index contributed by atoms with van der Waals surface area (Å²) < 4.78 is 0. The molecule has 256 valence electrons. The van der Waals surface area contributed by atoms with Crippen molar-refractivity contribution >= 4 is 5.91 Å². The van der Waals surface area contributed by atoms with Crippen molar-refractivity contribution < 1.29 is 20.1 Å². The maximum absolute atomic E-state index is 12.4. The van der Waals surface area contributed by atoms with Gasteiger partial charge in [0.2, 0.25) is 5.91 Å². The van der Waals surface area contributed by atoms with Gasteiger partial charge in [0.15, 0.2) is 0 Å². The monoisotopic (exact) mass is 610 g/mol. The molecule has 0 fully saturated rings. The van der Waals surface area contributed by atoms with Crippen LogP contribution in [-0.2, 0) is 4.79 Å². The molecule has 0 saturated carbocycles. The van der Waals surface area contributed by atoms with Gasteiger partial charge in [0.1, 0.15) is 6.10 Å². The third-order valence-corrected chi connectivity index (χ3v) is 8.88. The largest absolute Gasteiger partial charge is 0.394 e. The third kappa shape index (κ3) is 29.6. The van der Waals surface area contributed by atoms with Gasteiger partial charge in [0, 0.05) is 0 Å². The minimum Gasteiger partial charge on any atom is -0.394 e. The van der Waals surface area contributed by atoms with E-state index in [0.717, 1.165) is 44.9 Å². The molecule has 4 N–H and O–H groups in total. The molecule has 0 bridgehead atoms. The zero-order valence-corrected chi connectivity index (χ0v) is 28.8. The van der Waals surface area contributed by atoms with Gasteiger partial charge in [-0.05, 0) is 38.5 Å². The van der Waals surface area contributed by atoms with E-state index in [4.69, 9.17) is 0 Å². The van der Waals surface area contributed by atoms with Crippen LogP contribution < -0.4 is 5.32 Å². The minimum absolute atomic E-state index is 0.315. The lowest BCUT2D eigenvalue weighted by atomic mass is 10.0. The Balaban J connectivity index is 3.68. The van der Waals surface area contributed by atoms with Crippen LogP contribution in [0, 0.1) is 0 Å². The first kappa shape index (κ1) is 42.1. The average Bonchev–Trinajstić information content (AvgIpc) is 3.01. The highest BCUT2D eigenvalue weighted by Crippen LogP contribution is 2.15. The SMILES string of the molecule is CCCCCCCCCCC/C=C\CCCCCCC(O)C(=O)NC(CO)C(O)CCCCCCCCCCCCCC. The van der Waals surface area contributed by atoms with Crippen molar-refractivity contribution in [1.29, 1.82) is 0 Å². The number of hydrogen-bond donors (Lipinski definition) is 4. The maximum atomic E-state index is 12.4. The van der Waals surface area contributed by atoms with E-state index in [1.54, 1.807) is 0 Å². The van der Waals surface area contributed by atoms with E-state index in [0.29, 0.717) is 12.8 Å². The Bertz CT molecular complexity index is 596. The van der Waals surface area contributed by atoms with E-state index in [9.17, 15) is 20.1 Å². The normalized spacial score (nSPS) is 13.9. The van der Waals surface area contributed by atoms with Crippen LogP contribution in [0.25, 0.3) is 0 Å². The van der Waals surface area contributed by atoms with Crippen LogP contribution in [-0.4, -0.2) is 46.1 Å². The van der Waals surface area contributed by atoms with Crippen molar-refractivity contribution in [3.8, 4) is 0 Å². The highest BCUT2D eigenvalue weighted by Gasteiger charge is 2.23. The van der Waals surface area contributed by atoms with Gasteiger partial charge in [0.25, 0.3) is 0 Å². The van der Waals surface area contributed by atoms with Gasteiger partial charge in [-0.2, -0.15) is 0 Å². The molecule has 0 spiro atoms. The van der Waals surface area contributed by atoms with Crippen molar-refractivity contribution in [3.63, 3.8) is 0 Å². The van der Waals surface area contributed by atoms with Gasteiger partial charge in [-0.25, -0.2) is 0 Å². The van der Waals surface area contributed by atoms with Gasteiger partial charge in [-0.1, -0.05) is 174 Å². The predicted octanol–water partition coefficient (Wildman–Crippen LogP) is 10.1. The van der Waals surface area contributed by atoms with Crippen LogP contribution in [0.3, 0.4) is 0 Å². The predicted molar refractivity (Wildman–Crippen MR) is 185 cm³/mol. The summed E-state index contributed by atoms with van der Waals surface area (Å²) in [4.78, 5) is 12.4. The molecule has 0 saturated heterocycles. The summed E-state index contributed by atoms with van der Waals surface area (Å²) in [6.45, 7) is 4.21. The van der Waals surface area contributed by atoms with Crippen molar-refractivity contribution in [1.82, 2.24) is 5.32 Å². The van der Waals surface area contributed by atoms with Crippen LogP contribution in [0.1, 0.15) is 200 Å². The second-order valence-corrected chi connectivity index (χ2v) is 13.1. The lowest BCUT2D eigenvalue weighted by Gasteiger charge is -2.23. The number of unbranched alkanes of at least 4 members (excludes halogenated alkanes) is 24. The number of nitrogens with one attached hydrogen (secondary N) is 1. The minimum atomic E-state index is -1.08. The molecular formula is C38H75NO4. The number of rotatable bonds is 34. The molecule has 3 atom stereocenters. The molecule has 5 heteroatoms. The maximum Gasteiger partial charge on any atom is 0.249 e. The Morgan fingerprint density at radius 3 is 1.28 bits per heavy atom. The summed E-state index contributed by atoms with van der Waals surface area (Å²) in [5, 5.41) is 33.1. The third-order valence-electron chi connectivity index (χ3n) is 8.88. The summed E-state index contributed by atoms with van der Waals surface area (Å²) in [5.74, 6) is -0.479. The molecule has 5 nitrogen and oxygen atoms in total. The van der Waals surface area contributed by atoms with Crippen LogP contribution in [0.2, 0.25) is 0 Å². The van der Waals surface area contributed by atoms with Crippen LogP contribution in [0.5, 0.6) is 0 Å². The summed E-state index contributed by atoms with van der Waals surface area (Å²) in [6, 6.07) is -0.711. The molecular weight excluding hydrogens is 534 g/mol. The Hall–Kier alpha value is -0.910. The van der Waals surface area contributed by atoms with Crippen molar-refractivity contribution in [2.45, 2.75) is 218 Å². The Labute approximate surface area is 268 Å². The van der Waals surface area contributed by atoms with E-state index < -0.39 is 24.2 Å². The van der Waals surface area contributed by atoms with E-state index in [1.807, 2.05) is 0 Å². The zero-order valence-electron chi connectivity index (χ0n) is 28.8. The summed E-state index contributed by atoms with van der Waals surface area (Å²) in [5.41, 5.74) is 0. The number of carbonyl (C=O) groups excluding carboxylic acids is 1. The van der Waals surface area contributed by atoms with Crippen molar-refractivity contribution in [3.05, 3.63) is 12.2 Å². The van der Waals surface area contributed by atoms with E-state index in [-0.39, 0.29) is 6.61 Å². The Kier molecular flexibility index (Phi) is 33.3. The fraction of sp³-hybridized carbons (Fsp3) is 0.921. The van der Waals surface area contributed by atoms with Gasteiger partial charge in [-0.15, -0.1) is 0 Å². The number of hydrogen-bond acceptors (Lipinski definition) is 4. The smallest absolute Gasteiger partial charge is 0.249 e.